The van der Waals surface area contributed by atoms with Gasteiger partial charge in [0.1, 0.15) is 5.75 Å². The van der Waals surface area contributed by atoms with E-state index in [-0.39, 0.29) is 16.8 Å². The summed E-state index contributed by atoms with van der Waals surface area (Å²) >= 11 is 0. The molecule has 30 heavy (non-hydrogen) atoms. The minimum atomic E-state index is -3.82. The molecule has 154 valence electrons. The Kier molecular flexibility index (Phi) is 6.76. The maximum atomic E-state index is 12.4. The largest absolute Gasteiger partial charge is 0.494 e. The lowest BCUT2D eigenvalue weighted by molar-refractivity contribution is -0.111. The number of carbonyl (C=O) groups excluding carboxylic acids is 1. The molecule has 0 spiro atoms. The number of hydrogen-bond acceptors (Lipinski definition) is 6. The van der Waals surface area contributed by atoms with Crippen molar-refractivity contribution >= 4 is 33.6 Å². The molecule has 0 unspecified atom stereocenters. The number of benzene rings is 2. The van der Waals surface area contributed by atoms with Gasteiger partial charge < -0.3 is 10.1 Å². The van der Waals surface area contributed by atoms with Crippen LogP contribution in [0.2, 0.25) is 0 Å². The molecule has 2 N–H and O–H groups in total. The van der Waals surface area contributed by atoms with Gasteiger partial charge in [0.15, 0.2) is 0 Å². The Morgan fingerprint density at radius 3 is 2.33 bits per heavy atom. The first-order valence-electron chi connectivity index (χ1n) is 9.08. The van der Waals surface area contributed by atoms with Gasteiger partial charge in [-0.1, -0.05) is 12.1 Å². The van der Waals surface area contributed by atoms with Gasteiger partial charge in [-0.25, -0.2) is 23.1 Å². The fraction of sp³-hybridized carbons (Fsp3) is 0.0952. The lowest BCUT2D eigenvalue weighted by Gasteiger charge is -2.07. The van der Waals surface area contributed by atoms with Crippen molar-refractivity contribution in [3.8, 4) is 5.75 Å². The second-order valence-electron chi connectivity index (χ2n) is 6.03. The Bertz CT molecular complexity index is 1110. The number of ether oxygens (including phenoxy) is 1. The van der Waals surface area contributed by atoms with Gasteiger partial charge in [-0.3, -0.25) is 4.79 Å². The Hall–Kier alpha value is -3.72. The van der Waals surface area contributed by atoms with Gasteiger partial charge >= 0.3 is 0 Å². The molecule has 0 bridgehead atoms. The van der Waals surface area contributed by atoms with E-state index >= 15 is 0 Å². The van der Waals surface area contributed by atoms with Crippen molar-refractivity contribution in [2.45, 2.75) is 11.8 Å². The highest BCUT2D eigenvalue weighted by Crippen LogP contribution is 2.17. The van der Waals surface area contributed by atoms with E-state index < -0.39 is 10.0 Å². The SMILES string of the molecule is CCOc1ccc(C=CC(=O)Nc2ccc(S(=O)(=O)Nc3ncccn3)cc2)cc1. The van der Waals surface area contributed by atoms with E-state index in [1.165, 1.54) is 42.7 Å². The van der Waals surface area contributed by atoms with Crippen molar-refractivity contribution in [3.05, 3.63) is 78.6 Å². The normalized spacial score (nSPS) is 11.2. The zero-order valence-electron chi connectivity index (χ0n) is 16.1. The quantitative estimate of drug-likeness (QED) is 0.537. The topological polar surface area (TPSA) is 110 Å². The van der Waals surface area contributed by atoms with Crippen molar-refractivity contribution in [2.75, 3.05) is 16.6 Å². The summed E-state index contributed by atoms with van der Waals surface area (Å²) in [5.41, 5.74) is 1.32. The average molecular weight is 424 g/mol. The molecule has 2 aromatic carbocycles. The Morgan fingerprint density at radius 1 is 1.03 bits per heavy atom. The molecule has 0 aliphatic rings. The molecular formula is C21H20N4O4S. The van der Waals surface area contributed by atoms with E-state index in [4.69, 9.17) is 4.74 Å². The summed E-state index contributed by atoms with van der Waals surface area (Å²) in [6.45, 7) is 2.50. The van der Waals surface area contributed by atoms with Crippen LogP contribution in [0.5, 0.6) is 5.75 Å². The van der Waals surface area contributed by atoms with Crippen molar-refractivity contribution in [2.24, 2.45) is 0 Å². The molecule has 3 aromatic rings. The number of nitrogens with zero attached hydrogens (tertiary/aromatic N) is 2. The van der Waals surface area contributed by atoms with Gasteiger partial charge in [0.2, 0.25) is 11.9 Å². The molecule has 0 radical (unpaired) electrons. The molecule has 8 nitrogen and oxygen atoms in total. The van der Waals surface area contributed by atoms with Crippen molar-refractivity contribution in [1.29, 1.82) is 0 Å². The van der Waals surface area contributed by atoms with Crippen LogP contribution in [0.25, 0.3) is 6.08 Å². The summed E-state index contributed by atoms with van der Waals surface area (Å²) in [4.78, 5) is 19.8. The molecule has 0 saturated heterocycles. The number of amides is 1. The highest BCUT2D eigenvalue weighted by molar-refractivity contribution is 7.92. The van der Waals surface area contributed by atoms with E-state index in [1.54, 1.807) is 12.1 Å². The maximum Gasteiger partial charge on any atom is 0.264 e. The zero-order chi connectivity index (χ0) is 21.4. The summed E-state index contributed by atoms with van der Waals surface area (Å²) in [5, 5.41) is 2.68. The molecule has 1 heterocycles. The van der Waals surface area contributed by atoms with Crippen molar-refractivity contribution in [1.82, 2.24) is 9.97 Å². The highest BCUT2D eigenvalue weighted by Gasteiger charge is 2.15. The Labute approximate surface area is 174 Å². The van der Waals surface area contributed by atoms with E-state index in [9.17, 15) is 13.2 Å². The monoisotopic (exact) mass is 424 g/mol. The number of anilines is 2. The second kappa shape index (κ2) is 9.66. The van der Waals surface area contributed by atoms with E-state index in [2.05, 4.69) is 20.0 Å². The van der Waals surface area contributed by atoms with Gasteiger partial charge in [-0.05, 0) is 61.0 Å². The van der Waals surface area contributed by atoms with Gasteiger partial charge in [0, 0.05) is 24.2 Å². The molecule has 9 heteroatoms. The van der Waals surface area contributed by atoms with Crippen LogP contribution in [-0.2, 0) is 14.8 Å². The number of rotatable bonds is 8. The number of carbonyl (C=O) groups is 1. The van der Waals surface area contributed by atoms with Crippen LogP contribution >= 0.6 is 0 Å². The number of hydrogen-bond donors (Lipinski definition) is 2. The van der Waals surface area contributed by atoms with Gasteiger partial charge in [0.05, 0.1) is 11.5 Å². The van der Waals surface area contributed by atoms with Gasteiger partial charge in [0.25, 0.3) is 10.0 Å². The first-order chi connectivity index (χ1) is 14.5. The van der Waals surface area contributed by atoms with Crippen LogP contribution < -0.4 is 14.8 Å². The molecule has 3 rings (SSSR count). The number of aromatic nitrogens is 2. The summed E-state index contributed by atoms with van der Waals surface area (Å²) in [5.74, 6) is 0.409. The number of nitrogens with one attached hydrogen (secondary N) is 2. The lowest BCUT2D eigenvalue weighted by Crippen LogP contribution is -2.15. The smallest absolute Gasteiger partial charge is 0.264 e. The molecule has 0 aliphatic heterocycles. The van der Waals surface area contributed by atoms with Gasteiger partial charge in [-0.2, -0.15) is 0 Å². The minimum absolute atomic E-state index is 0.0192. The zero-order valence-corrected chi connectivity index (χ0v) is 17.0. The van der Waals surface area contributed by atoms with Crippen LogP contribution in [0.3, 0.4) is 0 Å². The van der Waals surface area contributed by atoms with Crippen LogP contribution in [0.15, 0.2) is 78.0 Å². The summed E-state index contributed by atoms with van der Waals surface area (Å²) < 4.78 is 32.4. The third-order valence-corrected chi connectivity index (χ3v) is 5.19. The molecular weight excluding hydrogens is 404 g/mol. The first kappa shape index (κ1) is 21.0. The molecule has 0 aliphatic carbocycles. The van der Waals surface area contributed by atoms with E-state index in [1.807, 2.05) is 31.2 Å². The third kappa shape index (κ3) is 5.89. The lowest BCUT2D eigenvalue weighted by atomic mass is 10.2. The Balaban J connectivity index is 1.60. The predicted octanol–water partition coefficient (Wildman–Crippen LogP) is 3.33. The van der Waals surface area contributed by atoms with Crippen molar-refractivity contribution < 1.29 is 17.9 Å². The van der Waals surface area contributed by atoms with Crippen LogP contribution in [0.1, 0.15) is 12.5 Å². The molecule has 0 saturated carbocycles. The fourth-order valence-corrected chi connectivity index (χ4v) is 3.40. The average Bonchev–Trinajstić information content (AvgIpc) is 2.74. The highest BCUT2D eigenvalue weighted by atomic mass is 32.2. The van der Waals surface area contributed by atoms with Crippen molar-refractivity contribution in [3.63, 3.8) is 0 Å². The first-order valence-corrected chi connectivity index (χ1v) is 10.6. The van der Waals surface area contributed by atoms with Crippen LogP contribution in [-0.4, -0.2) is 30.9 Å². The third-order valence-electron chi connectivity index (χ3n) is 3.84. The predicted molar refractivity (Wildman–Crippen MR) is 115 cm³/mol. The molecule has 0 atom stereocenters. The molecule has 1 amide bonds. The summed E-state index contributed by atoms with van der Waals surface area (Å²) in [6, 6.07) is 14.7. The van der Waals surface area contributed by atoms with E-state index in [0.29, 0.717) is 12.3 Å². The summed E-state index contributed by atoms with van der Waals surface area (Å²) in [7, 11) is -3.82. The summed E-state index contributed by atoms with van der Waals surface area (Å²) in [6.07, 6.45) is 5.94. The number of sulfonamides is 1. The molecule has 0 fully saturated rings. The van der Waals surface area contributed by atoms with E-state index in [0.717, 1.165) is 11.3 Å². The minimum Gasteiger partial charge on any atom is -0.494 e. The Morgan fingerprint density at radius 2 is 1.70 bits per heavy atom. The maximum absolute atomic E-state index is 12.4. The second-order valence-corrected chi connectivity index (χ2v) is 7.71. The fourth-order valence-electron chi connectivity index (χ4n) is 2.45. The standard InChI is InChI=1S/C21H20N4O4S/c1-2-29-18-9-4-16(5-10-18)6-13-20(26)24-17-7-11-19(12-8-17)30(27,28)25-21-22-14-3-15-23-21/h3-15H,2H2,1H3,(H,24,26)(H,22,23,25). The molecule has 1 aromatic heterocycles. The van der Waals surface area contributed by atoms with Crippen LogP contribution in [0.4, 0.5) is 11.6 Å². The van der Waals surface area contributed by atoms with Gasteiger partial charge in [-0.15, -0.1) is 0 Å². The van der Waals surface area contributed by atoms with Crippen LogP contribution in [0, 0.1) is 0 Å².